The molecule has 1 heterocycles. The molecule has 21 heavy (non-hydrogen) atoms. The molecule has 0 N–H and O–H groups in total. The normalized spacial score (nSPS) is 17.2. The Hall–Kier alpha value is -2.34. The number of carbonyl (C=O) groups is 1. The summed E-state index contributed by atoms with van der Waals surface area (Å²) >= 11 is 0. The maximum absolute atomic E-state index is 12.6. The van der Waals surface area contributed by atoms with Crippen molar-refractivity contribution in [3.63, 3.8) is 0 Å². The summed E-state index contributed by atoms with van der Waals surface area (Å²) in [6.45, 7) is 0. The van der Waals surface area contributed by atoms with Crippen molar-refractivity contribution in [1.82, 2.24) is 0 Å². The van der Waals surface area contributed by atoms with Crippen molar-refractivity contribution >= 4 is 15.8 Å². The van der Waals surface area contributed by atoms with Gasteiger partial charge in [0.25, 0.3) is 0 Å². The van der Waals surface area contributed by atoms with Crippen LogP contribution in [0, 0.1) is 0 Å². The average Bonchev–Trinajstić information content (AvgIpc) is 2.86. The molecule has 0 spiro atoms. The second kappa shape index (κ2) is 4.89. The Morgan fingerprint density at radius 2 is 1.76 bits per heavy atom. The first kappa shape index (κ1) is 13.6. The largest absolute Gasteiger partial charge is 0.496 e. The van der Waals surface area contributed by atoms with E-state index in [0.717, 1.165) is 0 Å². The van der Waals surface area contributed by atoms with Crippen LogP contribution in [0.25, 0.3) is 0 Å². The van der Waals surface area contributed by atoms with Gasteiger partial charge in [0.1, 0.15) is 11.3 Å². The van der Waals surface area contributed by atoms with Crippen molar-refractivity contribution in [2.24, 2.45) is 0 Å². The number of methoxy groups -OCH3 is 1. The fourth-order valence-electron chi connectivity index (χ4n) is 2.32. The van der Waals surface area contributed by atoms with Gasteiger partial charge in [0, 0.05) is 5.56 Å². The number of carbonyl (C=O) groups excluding carboxylic acids is 1. The molecule has 2 aromatic rings. The molecule has 5 nitrogen and oxygen atoms in total. The Balaban J connectivity index is 2.15. The first-order valence-electron chi connectivity index (χ1n) is 6.22. The van der Waals surface area contributed by atoms with Gasteiger partial charge in [0.15, 0.2) is 0 Å². The minimum absolute atomic E-state index is 0.110. The summed E-state index contributed by atoms with van der Waals surface area (Å²) in [6, 6.07) is 12.7. The van der Waals surface area contributed by atoms with Crippen LogP contribution >= 0.6 is 0 Å². The van der Waals surface area contributed by atoms with Gasteiger partial charge in [-0.2, -0.15) is 0 Å². The van der Waals surface area contributed by atoms with Crippen molar-refractivity contribution in [2.75, 3.05) is 7.11 Å². The van der Waals surface area contributed by atoms with Gasteiger partial charge < -0.3 is 9.47 Å². The van der Waals surface area contributed by atoms with E-state index in [9.17, 15) is 13.2 Å². The number of sulfone groups is 1. The van der Waals surface area contributed by atoms with Gasteiger partial charge in [-0.25, -0.2) is 13.2 Å². The van der Waals surface area contributed by atoms with Crippen molar-refractivity contribution in [3.05, 3.63) is 59.7 Å². The molecule has 1 atom stereocenters. The predicted molar refractivity (Wildman–Crippen MR) is 74.8 cm³/mol. The quantitative estimate of drug-likeness (QED) is 0.814. The minimum atomic E-state index is -3.81. The monoisotopic (exact) mass is 304 g/mol. The summed E-state index contributed by atoms with van der Waals surface area (Å²) in [4.78, 5) is 12.1. The highest BCUT2D eigenvalue weighted by atomic mass is 32.2. The van der Waals surface area contributed by atoms with Crippen LogP contribution in [0.3, 0.4) is 0 Å². The van der Waals surface area contributed by atoms with Crippen LogP contribution in [-0.4, -0.2) is 21.5 Å². The Morgan fingerprint density at radius 3 is 2.43 bits per heavy atom. The summed E-state index contributed by atoms with van der Waals surface area (Å²) in [5.41, 5.74) is -0.856. The Bertz CT molecular complexity index is 796. The molecule has 0 aliphatic carbocycles. The van der Waals surface area contributed by atoms with Crippen LogP contribution in [0.1, 0.15) is 21.4 Å². The van der Waals surface area contributed by atoms with Crippen LogP contribution in [0.15, 0.2) is 53.4 Å². The van der Waals surface area contributed by atoms with Gasteiger partial charge in [0.05, 0.1) is 12.0 Å². The average molecular weight is 304 g/mol. The molecule has 108 valence electrons. The number of benzene rings is 2. The Morgan fingerprint density at radius 1 is 1.05 bits per heavy atom. The van der Waals surface area contributed by atoms with Crippen molar-refractivity contribution in [2.45, 2.75) is 10.3 Å². The van der Waals surface area contributed by atoms with E-state index in [2.05, 4.69) is 0 Å². The molecular weight excluding hydrogens is 292 g/mol. The van der Waals surface area contributed by atoms with Crippen LogP contribution in [-0.2, 0) is 14.6 Å². The highest BCUT2D eigenvalue weighted by Crippen LogP contribution is 2.41. The van der Waals surface area contributed by atoms with Gasteiger partial charge in [-0.3, -0.25) is 0 Å². The molecule has 0 radical (unpaired) electrons. The lowest BCUT2D eigenvalue weighted by atomic mass is 10.1. The zero-order valence-corrected chi connectivity index (χ0v) is 12.0. The molecule has 0 amide bonds. The number of hydrogen-bond acceptors (Lipinski definition) is 5. The zero-order chi connectivity index (χ0) is 15.0. The molecule has 0 saturated carbocycles. The number of hydrogen-bond donors (Lipinski definition) is 0. The fraction of sp³-hybridized carbons (Fsp3) is 0.133. The van der Waals surface area contributed by atoms with Gasteiger partial charge in [-0.05, 0) is 18.2 Å². The third-order valence-corrected chi connectivity index (χ3v) is 5.15. The lowest BCUT2D eigenvalue weighted by Crippen LogP contribution is -2.13. The van der Waals surface area contributed by atoms with Gasteiger partial charge in [0.2, 0.25) is 15.3 Å². The van der Waals surface area contributed by atoms with E-state index in [1.54, 1.807) is 36.4 Å². The second-order valence-corrected chi connectivity index (χ2v) is 6.51. The SMILES string of the molecule is COc1cccc2c1C(=O)O[C@@H]2S(=O)(=O)c1ccccc1. The Kier molecular flexibility index (Phi) is 3.17. The molecule has 0 fully saturated rings. The molecule has 1 aliphatic rings. The van der Waals surface area contributed by atoms with E-state index in [1.807, 2.05) is 0 Å². The molecule has 1 aliphatic heterocycles. The molecule has 0 saturated heterocycles. The van der Waals surface area contributed by atoms with E-state index in [0.29, 0.717) is 11.3 Å². The van der Waals surface area contributed by atoms with Gasteiger partial charge >= 0.3 is 5.97 Å². The first-order valence-corrected chi connectivity index (χ1v) is 7.77. The van der Waals surface area contributed by atoms with Crippen molar-refractivity contribution < 1.29 is 22.7 Å². The van der Waals surface area contributed by atoms with Gasteiger partial charge in [-0.1, -0.05) is 30.3 Å². The number of esters is 1. The van der Waals surface area contributed by atoms with E-state index >= 15 is 0 Å². The number of cyclic esters (lactones) is 1. The van der Waals surface area contributed by atoms with Crippen LogP contribution in [0.4, 0.5) is 0 Å². The second-order valence-electron chi connectivity index (χ2n) is 4.52. The van der Waals surface area contributed by atoms with E-state index in [4.69, 9.17) is 9.47 Å². The van der Waals surface area contributed by atoms with Crippen LogP contribution in [0.2, 0.25) is 0 Å². The maximum atomic E-state index is 12.6. The highest BCUT2D eigenvalue weighted by Gasteiger charge is 2.42. The number of fused-ring (bicyclic) bond motifs is 1. The van der Waals surface area contributed by atoms with Crippen LogP contribution < -0.4 is 4.74 Å². The molecule has 2 aromatic carbocycles. The maximum Gasteiger partial charge on any atom is 0.344 e. The summed E-state index contributed by atoms with van der Waals surface area (Å²) in [5, 5.41) is 0. The molecule has 0 aromatic heterocycles. The van der Waals surface area contributed by atoms with Crippen molar-refractivity contribution in [1.29, 1.82) is 0 Å². The fourth-order valence-corrected chi connectivity index (χ4v) is 3.85. The molecule has 6 heteroatoms. The van der Waals surface area contributed by atoms with Crippen molar-refractivity contribution in [3.8, 4) is 5.75 Å². The van der Waals surface area contributed by atoms with Gasteiger partial charge in [-0.15, -0.1) is 0 Å². The first-order chi connectivity index (χ1) is 10.1. The predicted octanol–water partition coefficient (Wildman–Crippen LogP) is 2.34. The molecule has 0 bridgehead atoms. The third kappa shape index (κ3) is 2.08. The van der Waals surface area contributed by atoms with Crippen LogP contribution in [0.5, 0.6) is 5.75 Å². The number of ether oxygens (including phenoxy) is 2. The summed E-state index contributed by atoms with van der Waals surface area (Å²) in [6.07, 6.45) is 0. The van der Waals surface area contributed by atoms with E-state index in [1.165, 1.54) is 19.2 Å². The topological polar surface area (TPSA) is 69.7 Å². The van der Waals surface area contributed by atoms with E-state index < -0.39 is 21.2 Å². The summed E-state index contributed by atoms with van der Waals surface area (Å²) in [5.74, 6) is -0.379. The lowest BCUT2D eigenvalue weighted by molar-refractivity contribution is 0.0506. The number of rotatable bonds is 3. The minimum Gasteiger partial charge on any atom is -0.496 e. The smallest absolute Gasteiger partial charge is 0.344 e. The van der Waals surface area contributed by atoms with E-state index in [-0.39, 0.29) is 10.5 Å². The highest BCUT2D eigenvalue weighted by molar-refractivity contribution is 7.91. The lowest BCUT2D eigenvalue weighted by Gasteiger charge is -2.12. The molecular formula is C15H12O5S. The Labute approximate surface area is 122 Å². The standard InChI is InChI=1S/C15H12O5S/c1-19-12-9-5-8-11-13(12)14(16)20-15(11)21(17,18)10-6-3-2-4-7-10/h2-9,15H,1H3/t15-/m1/s1. The molecule has 0 unspecified atom stereocenters. The summed E-state index contributed by atoms with van der Waals surface area (Å²) < 4.78 is 35.4. The third-order valence-electron chi connectivity index (χ3n) is 3.30. The zero-order valence-electron chi connectivity index (χ0n) is 11.1. The summed E-state index contributed by atoms with van der Waals surface area (Å²) in [7, 11) is -2.39. The molecule has 3 rings (SSSR count).